The Morgan fingerprint density at radius 3 is 2.33 bits per heavy atom. The Bertz CT molecular complexity index is 640. The van der Waals surface area contributed by atoms with E-state index >= 15 is 0 Å². The molecule has 27 heavy (non-hydrogen) atoms. The first kappa shape index (κ1) is 19.7. The van der Waals surface area contributed by atoms with Crippen molar-refractivity contribution in [1.29, 1.82) is 0 Å². The quantitative estimate of drug-likeness (QED) is 0.652. The first-order chi connectivity index (χ1) is 13.3. The van der Waals surface area contributed by atoms with Gasteiger partial charge in [0.2, 0.25) is 0 Å². The van der Waals surface area contributed by atoms with Crippen molar-refractivity contribution in [2.75, 3.05) is 64.4 Å². The molecule has 5 heteroatoms. The zero-order valence-corrected chi connectivity index (χ0v) is 16.3. The van der Waals surface area contributed by atoms with Crippen LogP contribution in [0.25, 0.3) is 0 Å². The van der Waals surface area contributed by atoms with Gasteiger partial charge in [-0.1, -0.05) is 30.3 Å². The highest BCUT2D eigenvalue weighted by atomic mass is 16.5. The first-order valence-corrected chi connectivity index (χ1v) is 9.81. The summed E-state index contributed by atoms with van der Waals surface area (Å²) in [5.74, 6) is 0.898. The van der Waals surface area contributed by atoms with Gasteiger partial charge in [-0.05, 0) is 36.9 Å². The zero-order valence-electron chi connectivity index (χ0n) is 16.3. The van der Waals surface area contributed by atoms with Crippen LogP contribution in [-0.2, 0) is 11.3 Å². The number of nitrogens with one attached hydrogen (secondary N) is 1. The van der Waals surface area contributed by atoms with E-state index in [9.17, 15) is 0 Å². The maximum absolute atomic E-state index is 5.79. The second-order valence-corrected chi connectivity index (χ2v) is 6.81. The summed E-state index contributed by atoms with van der Waals surface area (Å²) >= 11 is 0. The third-order valence-corrected chi connectivity index (χ3v) is 4.86. The average molecular weight is 370 g/mol. The molecule has 0 radical (unpaired) electrons. The molecule has 2 aromatic carbocycles. The maximum Gasteiger partial charge on any atom is 0.119 e. The molecule has 1 aliphatic heterocycles. The third kappa shape index (κ3) is 6.54. The number of piperazine rings is 1. The molecule has 0 unspecified atom stereocenters. The van der Waals surface area contributed by atoms with Crippen LogP contribution in [0.5, 0.6) is 5.75 Å². The van der Waals surface area contributed by atoms with Crippen LogP contribution in [0.2, 0.25) is 0 Å². The number of nitrogens with zero attached hydrogens (tertiary/aromatic N) is 2. The first-order valence-electron chi connectivity index (χ1n) is 9.81. The molecule has 1 heterocycles. The SMILES string of the molecule is CNCCN1CCN(c2ccc(OCCOCc3ccccc3)cc2)CC1. The fourth-order valence-electron chi connectivity index (χ4n) is 3.24. The van der Waals surface area contributed by atoms with Crippen molar-refractivity contribution in [2.24, 2.45) is 0 Å². The Kier molecular flexibility index (Phi) is 7.96. The van der Waals surface area contributed by atoms with Gasteiger partial charge >= 0.3 is 0 Å². The zero-order chi connectivity index (χ0) is 18.7. The minimum Gasteiger partial charge on any atom is -0.491 e. The highest BCUT2D eigenvalue weighted by molar-refractivity contribution is 5.49. The lowest BCUT2D eigenvalue weighted by Crippen LogP contribution is -2.48. The molecule has 3 rings (SSSR count). The molecule has 1 fully saturated rings. The summed E-state index contributed by atoms with van der Waals surface area (Å²) in [7, 11) is 2.01. The van der Waals surface area contributed by atoms with Gasteiger partial charge in [0.05, 0.1) is 13.2 Å². The van der Waals surface area contributed by atoms with Gasteiger partial charge < -0.3 is 19.7 Å². The van der Waals surface area contributed by atoms with Crippen molar-refractivity contribution in [3.8, 4) is 5.75 Å². The predicted octanol–water partition coefficient (Wildman–Crippen LogP) is 2.62. The minimum atomic E-state index is 0.566. The normalized spacial score (nSPS) is 15.1. The van der Waals surface area contributed by atoms with Crippen LogP contribution in [0, 0.1) is 0 Å². The Morgan fingerprint density at radius 2 is 1.63 bits per heavy atom. The second-order valence-electron chi connectivity index (χ2n) is 6.81. The van der Waals surface area contributed by atoms with Crippen molar-refractivity contribution >= 4 is 5.69 Å². The number of ether oxygens (including phenoxy) is 2. The summed E-state index contributed by atoms with van der Waals surface area (Å²) in [5, 5.41) is 3.22. The highest BCUT2D eigenvalue weighted by Gasteiger charge is 2.16. The number of hydrogen-bond acceptors (Lipinski definition) is 5. The lowest BCUT2D eigenvalue weighted by Gasteiger charge is -2.36. The van der Waals surface area contributed by atoms with E-state index < -0.39 is 0 Å². The highest BCUT2D eigenvalue weighted by Crippen LogP contribution is 2.20. The molecule has 0 aliphatic carbocycles. The van der Waals surface area contributed by atoms with E-state index in [1.807, 2.05) is 25.2 Å². The number of likely N-dealkylation sites (N-methyl/N-ethyl adjacent to an activating group) is 1. The standard InChI is InChI=1S/C22H31N3O2/c1-23-11-12-24-13-15-25(16-14-24)21-7-9-22(10-8-21)27-18-17-26-19-20-5-3-2-4-6-20/h2-10,23H,11-19H2,1H3. The molecule has 0 atom stereocenters. The summed E-state index contributed by atoms with van der Waals surface area (Å²) in [6.07, 6.45) is 0. The molecule has 0 aromatic heterocycles. The van der Waals surface area contributed by atoms with Gasteiger partial charge in [-0.15, -0.1) is 0 Å². The van der Waals surface area contributed by atoms with Gasteiger partial charge in [-0.2, -0.15) is 0 Å². The lowest BCUT2D eigenvalue weighted by atomic mass is 10.2. The van der Waals surface area contributed by atoms with E-state index in [1.165, 1.54) is 11.3 Å². The number of hydrogen-bond donors (Lipinski definition) is 1. The van der Waals surface area contributed by atoms with E-state index in [4.69, 9.17) is 9.47 Å². The van der Waals surface area contributed by atoms with Gasteiger partial charge in [0.1, 0.15) is 12.4 Å². The molecular formula is C22H31N3O2. The maximum atomic E-state index is 5.79. The van der Waals surface area contributed by atoms with Crippen molar-refractivity contribution < 1.29 is 9.47 Å². The fourth-order valence-corrected chi connectivity index (χ4v) is 3.24. The Balaban J connectivity index is 1.34. The molecule has 1 saturated heterocycles. The van der Waals surface area contributed by atoms with E-state index in [0.29, 0.717) is 19.8 Å². The van der Waals surface area contributed by atoms with Crippen LogP contribution >= 0.6 is 0 Å². The van der Waals surface area contributed by atoms with E-state index in [2.05, 4.69) is 51.5 Å². The molecule has 2 aromatic rings. The van der Waals surface area contributed by atoms with Crippen molar-refractivity contribution in [3.63, 3.8) is 0 Å². The molecule has 0 bridgehead atoms. The summed E-state index contributed by atoms with van der Waals surface area (Å²) < 4.78 is 11.4. The molecular weight excluding hydrogens is 338 g/mol. The second kappa shape index (κ2) is 10.9. The molecule has 146 valence electrons. The van der Waals surface area contributed by atoms with Crippen molar-refractivity contribution in [3.05, 3.63) is 60.2 Å². The number of anilines is 1. The summed E-state index contributed by atoms with van der Waals surface area (Å²) in [6.45, 7) is 8.38. The summed E-state index contributed by atoms with van der Waals surface area (Å²) in [5.41, 5.74) is 2.46. The number of rotatable bonds is 10. The van der Waals surface area contributed by atoms with E-state index in [-0.39, 0.29) is 0 Å². The molecule has 0 saturated carbocycles. The van der Waals surface area contributed by atoms with Crippen LogP contribution in [0.4, 0.5) is 5.69 Å². The van der Waals surface area contributed by atoms with Crippen molar-refractivity contribution in [2.45, 2.75) is 6.61 Å². The molecule has 0 amide bonds. The van der Waals surface area contributed by atoms with E-state index in [1.54, 1.807) is 0 Å². The average Bonchev–Trinajstić information content (AvgIpc) is 2.74. The van der Waals surface area contributed by atoms with Gasteiger partial charge in [-0.3, -0.25) is 4.90 Å². The number of benzene rings is 2. The minimum absolute atomic E-state index is 0.566. The van der Waals surface area contributed by atoms with Gasteiger partial charge in [0, 0.05) is 45.0 Å². The monoisotopic (exact) mass is 369 g/mol. The summed E-state index contributed by atoms with van der Waals surface area (Å²) in [6, 6.07) is 18.6. The van der Waals surface area contributed by atoms with Crippen LogP contribution < -0.4 is 15.0 Å². The summed E-state index contributed by atoms with van der Waals surface area (Å²) in [4.78, 5) is 4.96. The van der Waals surface area contributed by atoms with Crippen LogP contribution in [0.1, 0.15) is 5.56 Å². The lowest BCUT2D eigenvalue weighted by molar-refractivity contribution is 0.0889. The van der Waals surface area contributed by atoms with Gasteiger partial charge in [0.15, 0.2) is 0 Å². The Hall–Kier alpha value is -2.08. The largest absolute Gasteiger partial charge is 0.491 e. The van der Waals surface area contributed by atoms with Gasteiger partial charge in [-0.25, -0.2) is 0 Å². The Morgan fingerprint density at radius 1 is 0.889 bits per heavy atom. The van der Waals surface area contributed by atoms with E-state index in [0.717, 1.165) is 45.0 Å². The van der Waals surface area contributed by atoms with Crippen molar-refractivity contribution in [1.82, 2.24) is 10.2 Å². The molecule has 1 N–H and O–H groups in total. The smallest absolute Gasteiger partial charge is 0.119 e. The Labute approximate surface area is 162 Å². The fraction of sp³-hybridized carbons (Fsp3) is 0.455. The predicted molar refractivity (Wildman–Crippen MR) is 111 cm³/mol. The topological polar surface area (TPSA) is 37.0 Å². The molecule has 5 nitrogen and oxygen atoms in total. The third-order valence-electron chi connectivity index (χ3n) is 4.86. The molecule has 0 spiro atoms. The van der Waals surface area contributed by atoms with Crippen LogP contribution in [-0.4, -0.2) is 64.4 Å². The van der Waals surface area contributed by atoms with Gasteiger partial charge in [0.25, 0.3) is 0 Å². The van der Waals surface area contributed by atoms with Crippen LogP contribution in [0.3, 0.4) is 0 Å². The molecule has 1 aliphatic rings. The van der Waals surface area contributed by atoms with Crippen LogP contribution in [0.15, 0.2) is 54.6 Å².